The highest BCUT2D eigenvalue weighted by atomic mass is 35.5. The molecule has 1 aromatic rings. The molecule has 2 nitrogen and oxygen atoms in total. The van der Waals surface area contributed by atoms with Gasteiger partial charge in [0.15, 0.2) is 11.6 Å². The Balaban J connectivity index is 2.20. The van der Waals surface area contributed by atoms with Gasteiger partial charge in [-0.05, 0) is 37.4 Å². The average molecular weight is 320 g/mol. The average Bonchev–Trinajstić information content (AvgIpc) is 2.91. The quantitative estimate of drug-likeness (QED) is 0.805. The topological polar surface area (TPSA) is 21.3 Å². The van der Waals surface area contributed by atoms with E-state index in [2.05, 4.69) is 19.2 Å². The van der Waals surface area contributed by atoms with E-state index in [1.54, 1.807) is 0 Å². The summed E-state index contributed by atoms with van der Waals surface area (Å²) < 4.78 is 19.9. The minimum Gasteiger partial charge on any atom is -0.485 e. The van der Waals surface area contributed by atoms with Crippen LogP contribution in [0.15, 0.2) is 12.1 Å². The van der Waals surface area contributed by atoms with Gasteiger partial charge >= 0.3 is 0 Å². The Morgan fingerprint density at radius 3 is 2.75 bits per heavy atom. The zero-order valence-corrected chi connectivity index (χ0v) is 13.3. The number of benzene rings is 1. The summed E-state index contributed by atoms with van der Waals surface area (Å²) in [6.45, 7) is 6.15. The van der Waals surface area contributed by atoms with Crippen molar-refractivity contribution in [2.75, 3.05) is 13.1 Å². The molecule has 1 aliphatic heterocycles. The van der Waals surface area contributed by atoms with Gasteiger partial charge in [0, 0.05) is 12.5 Å². The molecule has 0 aliphatic carbocycles. The highest BCUT2D eigenvalue weighted by Crippen LogP contribution is 2.36. The fourth-order valence-corrected chi connectivity index (χ4v) is 2.91. The van der Waals surface area contributed by atoms with Crippen LogP contribution in [0.4, 0.5) is 4.39 Å². The summed E-state index contributed by atoms with van der Waals surface area (Å²) >= 11 is 12.0. The lowest BCUT2D eigenvalue weighted by Gasteiger charge is -2.26. The van der Waals surface area contributed by atoms with Crippen molar-refractivity contribution in [3.8, 4) is 5.75 Å². The number of hydrogen-bond acceptors (Lipinski definition) is 2. The molecular weight excluding hydrogens is 300 g/mol. The van der Waals surface area contributed by atoms with Gasteiger partial charge in [0.1, 0.15) is 11.1 Å². The molecule has 1 aliphatic rings. The van der Waals surface area contributed by atoms with Crippen LogP contribution < -0.4 is 10.1 Å². The molecule has 0 radical (unpaired) electrons. The monoisotopic (exact) mass is 319 g/mol. The molecule has 0 saturated carbocycles. The number of ether oxygens (including phenoxy) is 1. The summed E-state index contributed by atoms with van der Waals surface area (Å²) in [7, 11) is 0. The van der Waals surface area contributed by atoms with Crippen molar-refractivity contribution < 1.29 is 9.13 Å². The predicted octanol–water partition coefficient (Wildman–Crippen LogP) is 4.54. The first kappa shape index (κ1) is 15.9. The predicted molar refractivity (Wildman–Crippen MR) is 81.3 cm³/mol. The van der Waals surface area contributed by atoms with Crippen LogP contribution in [0.2, 0.25) is 10.0 Å². The summed E-state index contributed by atoms with van der Waals surface area (Å²) in [6, 6.07) is 2.74. The lowest BCUT2D eigenvalue weighted by Crippen LogP contribution is -2.30. The molecule has 0 amide bonds. The van der Waals surface area contributed by atoms with Gasteiger partial charge in [0.05, 0.1) is 5.02 Å². The molecule has 1 aromatic carbocycles. The summed E-state index contributed by atoms with van der Waals surface area (Å²) in [5, 5.41) is 3.79. The van der Waals surface area contributed by atoms with Crippen molar-refractivity contribution in [1.82, 2.24) is 5.32 Å². The molecule has 112 valence electrons. The van der Waals surface area contributed by atoms with E-state index in [1.807, 2.05) is 0 Å². The molecule has 1 heterocycles. The molecule has 0 unspecified atom stereocenters. The zero-order valence-electron chi connectivity index (χ0n) is 11.8. The highest BCUT2D eigenvalue weighted by molar-refractivity contribution is 6.42. The molecule has 20 heavy (non-hydrogen) atoms. The van der Waals surface area contributed by atoms with Crippen molar-refractivity contribution in [1.29, 1.82) is 0 Å². The molecule has 0 aromatic heterocycles. The molecule has 0 bridgehead atoms. The molecule has 1 fully saturated rings. The van der Waals surface area contributed by atoms with Crippen LogP contribution in [-0.2, 0) is 0 Å². The molecule has 2 atom stereocenters. The van der Waals surface area contributed by atoms with Gasteiger partial charge < -0.3 is 10.1 Å². The van der Waals surface area contributed by atoms with Crippen LogP contribution >= 0.6 is 23.2 Å². The Morgan fingerprint density at radius 1 is 1.40 bits per heavy atom. The fourth-order valence-electron chi connectivity index (χ4n) is 2.56. The minimum absolute atomic E-state index is 0.0459. The van der Waals surface area contributed by atoms with Gasteiger partial charge in [-0.15, -0.1) is 0 Å². The number of rotatable bonds is 5. The van der Waals surface area contributed by atoms with E-state index >= 15 is 0 Å². The van der Waals surface area contributed by atoms with Gasteiger partial charge in [-0.2, -0.15) is 0 Å². The molecule has 2 rings (SSSR count). The lowest BCUT2D eigenvalue weighted by atomic mass is 9.93. The van der Waals surface area contributed by atoms with Gasteiger partial charge in [-0.25, -0.2) is 4.39 Å². The number of nitrogens with one attached hydrogen (secondary N) is 1. The normalized spacial score (nSPS) is 20.4. The third-order valence-corrected chi connectivity index (χ3v) is 4.39. The van der Waals surface area contributed by atoms with Gasteiger partial charge in [-0.1, -0.05) is 37.0 Å². The molecule has 5 heteroatoms. The van der Waals surface area contributed by atoms with Crippen molar-refractivity contribution in [2.24, 2.45) is 11.8 Å². The van der Waals surface area contributed by atoms with Crippen LogP contribution in [0.1, 0.15) is 26.7 Å². The van der Waals surface area contributed by atoms with E-state index in [-0.39, 0.29) is 16.9 Å². The Hall–Kier alpha value is -0.510. The second-order valence-corrected chi connectivity index (χ2v) is 6.50. The van der Waals surface area contributed by atoms with Crippen molar-refractivity contribution in [2.45, 2.75) is 32.8 Å². The van der Waals surface area contributed by atoms with E-state index in [0.29, 0.717) is 16.9 Å². The second kappa shape index (κ2) is 6.97. The third kappa shape index (κ3) is 3.78. The largest absolute Gasteiger partial charge is 0.485 e. The Kier molecular flexibility index (Phi) is 5.53. The van der Waals surface area contributed by atoms with E-state index in [1.165, 1.54) is 12.1 Å². The van der Waals surface area contributed by atoms with Crippen LogP contribution in [0.5, 0.6) is 5.75 Å². The Bertz CT molecular complexity index is 461. The van der Waals surface area contributed by atoms with Crippen LogP contribution in [0.3, 0.4) is 0 Å². The third-order valence-electron chi connectivity index (χ3n) is 3.60. The fraction of sp³-hybridized carbons (Fsp3) is 0.600. The molecule has 0 spiro atoms. The first-order valence-corrected chi connectivity index (χ1v) is 7.75. The lowest BCUT2D eigenvalue weighted by molar-refractivity contribution is 0.114. The summed E-state index contributed by atoms with van der Waals surface area (Å²) in [5.74, 6) is 0.476. The van der Waals surface area contributed by atoms with Gasteiger partial charge in [0.2, 0.25) is 0 Å². The highest BCUT2D eigenvalue weighted by Gasteiger charge is 2.29. The van der Waals surface area contributed by atoms with E-state index in [9.17, 15) is 4.39 Å². The zero-order chi connectivity index (χ0) is 14.7. The second-order valence-electron chi connectivity index (χ2n) is 5.71. The first-order valence-electron chi connectivity index (χ1n) is 7.00. The van der Waals surface area contributed by atoms with Crippen molar-refractivity contribution in [3.63, 3.8) is 0 Å². The van der Waals surface area contributed by atoms with Crippen molar-refractivity contribution in [3.05, 3.63) is 28.0 Å². The summed E-state index contributed by atoms with van der Waals surface area (Å²) in [4.78, 5) is 0. The van der Waals surface area contributed by atoms with Gasteiger partial charge in [0.25, 0.3) is 0 Å². The van der Waals surface area contributed by atoms with Crippen LogP contribution in [0, 0.1) is 17.7 Å². The molecular formula is C15H20Cl2FNO. The van der Waals surface area contributed by atoms with E-state index in [0.717, 1.165) is 25.9 Å². The SMILES string of the molecule is CC(C)C[C@H](Oc1c(F)ccc(Cl)c1Cl)[C@H]1CCNC1. The molecule has 1 saturated heterocycles. The summed E-state index contributed by atoms with van der Waals surface area (Å²) in [6.07, 6.45) is 1.86. The molecule has 1 N–H and O–H groups in total. The Morgan fingerprint density at radius 2 is 2.15 bits per heavy atom. The van der Waals surface area contributed by atoms with Crippen LogP contribution in [-0.4, -0.2) is 19.2 Å². The summed E-state index contributed by atoms with van der Waals surface area (Å²) in [5.41, 5.74) is 0. The standard InChI is InChI=1S/C15H20Cl2FNO/c1-9(2)7-13(10-5-6-19-8-10)20-15-12(18)4-3-11(16)14(15)17/h3-4,9-10,13,19H,5-8H2,1-2H3/t10-,13-/m0/s1. The smallest absolute Gasteiger partial charge is 0.175 e. The van der Waals surface area contributed by atoms with Crippen molar-refractivity contribution >= 4 is 23.2 Å². The van der Waals surface area contributed by atoms with E-state index in [4.69, 9.17) is 27.9 Å². The van der Waals surface area contributed by atoms with E-state index < -0.39 is 5.82 Å². The maximum absolute atomic E-state index is 13.9. The Labute approximate surface area is 129 Å². The number of halogens is 3. The minimum atomic E-state index is -0.459. The maximum Gasteiger partial charge on any atom is 0.175 e. The first-order chi connectivity index (χ1) is 9.49. The maximum atomic E-state index is 13.9. The van der Waals surface area contributed by atoms with Gasteiger partial charge in [-0.3, -0.25) is 0 Å². The number of hydrogen-bond donors (Lipinski definition) is 1. The van der Waals surface area contributed by atoms with Crippen LogP contribution in [0.25, 0.3) is 0 Å².